The summed E-state index contributed by atoms with van der Waals surface area (Å²) in [5.74, 6) is 0.385. The van der Waals surface area contributed by atoms with Crippen molar-refractivity contribution >= 4 is 38.8 Å². The third kappa shape index (κ3) is 4.81. The van der Waals surface area contributed by atoms with Crippen LogP contribution in [0.25, 0.3) is 10.8 Å². The fraction of sp³-hybridized carbons (Fsp3) is 0.0526. The van der Waals surface area contributed by atoms with Crippen molar-refractivity contribution in [3.05, 3.63) is 70.7 Å². The summed E-state index contributed by atoms with van der Waals surface area (Å²) in [6.45, 7) is -0.139. The van der Waals surface area contributed by atoms with Gasteiger partial charge in [-0.3, -0.25) is 4.79 Å². The van der Waals surface area contributed by atoms with Gasteiger partial charge < -0.3 is 9.84 Å². The Morgan fingerprint density at radius 3 is 2.76 bits per heavy atom. The summed E-state index contributed by atoms with van der Waals surface area (Å²) in [6.07, 6.45) is 1.45. The topological polar surface area (TPSA) is 70.9 Å². The molecule has 0 radical (unpaired) electrons. The molecule has 3 rings (SSSR count). The molecule has 0 fully saturated rings. The van der Waals surface area contributed by atoms with Crippen molar-refractivity contribution in [1.29, 1.82) is 0 Å². The first-order valence-corrected chi connectivity index (χ1v) is 8.32. The number of carbonyl (C=O) groups is 1. The van der Waals surface area contributed by atoms with Gasteiger partial charge in [0.2, 0.25) is 0 Å². The third-order valence-corrected chi connectivity index (χ3v) is 3.91. The number of fused-ring (bicyclic) bond motifs is 1. The maximum atomic E-state index is 11.8. The van der Waals surface area contributed by atoms with Crippen LogP contribution >= 0.6 is 15.9 Å². The quantitative estimate of drug-likeness (QED) is 0.506. The fourth-order valence-electron chi connectivity index (χ4n) is 2.25. The Bertz CT molecular complexity index is 941. The highest BCUT2D eigenvalue weighted by atomic mass is 79.9. The minimum atomic E-state index is -0.368. The van der Waals surface area contributed by atoms with Crippen LogP contribution < -0.4 is 10.2 Å². The Kier molecular flexibility index (Phi) is 5.30. The van der Waals surface area contributed by atoms with E-state index >= 15 is 0 Å². The van der Waals surface area contributed by atoms with Crippen LogP contribution in [0.5, 0.6) is 11.5 Å². The summed E-state index contributed by atoms with van der Waals surface area (Å²) in [7, 11) is 0. The van der Waals surface area contributed by atoms with Crippen LogP contribution in [0, 0.1) is 0 Å². The number of hydrogen-bond acceptors (Lipinski definition) is 4. The SMILES string of the molecule is O=C(COc1ccc2cc(Br)ccc2c1)NN=Cc1cccc(O)c1. The molecule has 0 aromatic heterocycles. The number of hydrogen-bond donors (Lipinski definition) is 2. The molecule has 1 amide bonds. The van der Waals surface area contributed by atoms with Gasteiger partial charge in [-0.1, -0.05) is 40.2 Å². The molecule has 6 heteroatoms. The summed E-state index contributed by atoms with van der Waals surface area (Å²) in [4.78, 5) is 11.8. The van der Waals surface area contributed by atoms with E-state index in [-0.39, 0.29) is 18.3 Å². The maximum Gasteiger partial charge on any atom is 0.277 e. The summed E-state index contributed by atoms with van der Waals surface area (Å²) >= 11 is 3.43. The van der Waals surface area contributed by atoms with Crippen molar-refractivity contribution in [2.75, 3.05) is 6.61 Å². The van der Waals surface area contributed by atoms with E-state index in [1.54, 1.807) is 24.3 Å². The predicted octanol–water partition coefficient (Wildman–Crippen LogP) is 3.84. The van der Waals surface area contributed by atoms with Gasteiger partial charge in [-0.05, 0) is 52.7 Å². The average molecular weight is 399 g/mol. The maximum absolute atomic E-state index is 11.8. The molecular formula is C19H15BrN2O3. The standard InChI is InChI=1S/C19H15BrN2O3/c20-16-6-4-15-10-18(7-5-14(15)9-16)25-12-19(24)22-21-11-13-2-1-3-17(23)8-13/h1-11,23H,12H2,(H,22,24). The van der Waals surface area contributed by atoms with Gasteiger partial charge in [0.25, 0.3) is 5.91 Å². The second-order valence-electron chi connectivity index (χ2n) is 5.33. The Morgan fingerprint density at radius 2 is 1.92 bits per heavy atom. The van der Waals surface area contributed by atoms with Gasteiger partial charge in [0.05, 0.1) is 6.21 Å². The number of aromatic hydroxyl groups is 1. The van der Waals surface area contributed by atoms with Crippen molar-refractivity contribution in [3.8, 4) is 11.5 Å². The number of rotatable bonds is 5. The number of carbonyl (C=O) groups excluding carboxylic acids is 1. The van der Waals surface area contributed by atoms with Crippen molar-refractivity contribution in [1.82, 2.24) is 5.43 Å². The minimum Gasteiger partial charge on any atom is -0.508 e. The number of phenolic OH excluding ortho intramolecular Hbond substituents is 1. The van der Waals surface area contributed by atoms with Crippen LogP contribution in [0.2, 0.25) is 0 Å². The number of benzene rings is 3. The Labute approximate surface area is 153 Å². The van der Waals surface area contributed by atoms with E-state index in [1.165, 1.54) is 6.21 Å². The van der Waals surface area contributed by atoms with Gasteiger partial charge in [-0.25, -0.2) is 5.43 Å². The number of halogens is 1. The van der Waals surface area contributed by atoms with E-state index in [2.05, 4.69) is 26.5 Å². The minimum absolute atomic E-state index is 0.139. The van der Waals surface area contributed by atoms with Crippen LogP contribution in [-0.2, 0) is 4.79 Å². The Hall–Kier alpha value is -2.86. The molecule has 3 aromatic carbocycles. The predicted molar refractivity (Wildman–Crippen MR) is 101 cm³/mol. The molecule has 0 bridgehead atoms. The molecule has 0 unspecified atom stereocenters. The van der Waals surface area contributed by atoms with E-state index in [1.807, 2.05) is 36.4 Å². The first kappa shape index (κ1) is 17.0. The van der Waals surface area contributed by atoms with Crippen LogP contribution in [0.1, 0.15) is 5.56 Å². The first-order valence-electron chi connectivity index (χ1n) is 7.53. The van der Waals surface area contributed by atoms with Gasteiger partial charge in [0.1, 0.15) is 11.5 Å². The number of nitrogens with one attached hydrogen (secondary N) is 1. The summed E-state index contributed by atoms with van der Waals surface area (Å²) in [5.41, 5.74) is 3.07. The highest BCUT2D eigenvalue weighted by molar-refractivity contribution is 9.10. The number of hydrazone groups is 1. The van der Waals surface area contributed by atoms with E-state index in [0.717, 1.165) is 15.2 Å². The van der Waals surface area contributed by atoms with Crippen molar-refractivity contribution in [3.63, 3.8) is 0 Å². The number of phenols is 1. The Balaban J connectivity index is 1.54. The van der Waals surface area contributed by atoms with E-state index in [4.69, 9.17) is 4.74 Å². The lowest BCUT2D eigenvalue weighted by molar-refractivity contribution is -0.123. The zero-order valence-electron chi connectivity index (χ0n) is 13.1. The molecule has 5 nitrogen and oxygen atoms in total. The van der Waals surface area contributed by atoms with Crippen molar-refractivity contribution in [2.45, 2.75) is 0 Å². The first-order chi connectivity index (χ1) is 12.1. The molecule has 0 heterocycles. The van der Waals surface area contributed by atoms with Crippen molar-refractivity contribution in [2.24, 2.45) is 5.10 Å². The van der Waals surface area contributed by atoms with Crippen LogP contribution in [0.15, 0.2) is 70.2 Å². The molecule has 0 aliphatic heterocycles. The van der Waals surface area contributed by atoms with E-state index < -0.39 is 0 Å². The number of amides is 1. The lowest BCUT2D eigenvalue weighted by Gasteiger charge is -2.06. The molecule has 2 N–H and O–H groups in total. The van der Waals surface area contributed by atoms with Crippen LogP contribution in [0.3, 0.4) is 0 Å². The molecule has 0 atom stereocenters. The lowest BCUT2D eigenvalue weighted by atomic mass is 10.1. The third-order valence-electron chi connectivity index (χ3n) is 3.42. The molecular weight excluding hydrogens is 384 g/mol. The van der Waals surface area contributed by atoms with Gasteiger partial charge in [0.15, 0.2) is 6.61 Å². The molecule has 0 saturated carbocycles. The van der Waals surface area contributed by atoms with E-state index in [0.29, 0.717) is 11.3 Å². The molecule has 3 aromatic rings. The summed E-state index contributed by atoms with van der Waals surface area (Å²) in [6, 6.07) is 18.1. The lowest BCUT2D eigenvalue weighted by Crippen LogP contribution is -2.24. The fourth-order valence-corrected chi connectivity index (χ4v) is 2.63. The zero-order valence-corrected chi connectivity index (χ0v) is 14.7. The number of ether oxygens (including phenoxy) is 1. The second-order valence-corrected chi connectivity index (χ2v) is 6.25. The zero-order chi connectivity index (χ0) is 17.6. The van der Waals surface area contributed by atoms with Crippen molar-refractivity contribution < 1.29 is 14.6 Å². The van der Waals surface area contributed by atoms with Crippen LogP contribution in [-0.4, -0.2) is 23.8 Å². The molecule has 25 heavy (non-hydrogen) atoms. The monoisotopic (exact) mass is 398 g/mol. The highest BCUT2D eigenvalue weighted by Gasteiger charge is 2.03. The molecule has 0 spiro atoms. The molecule has 0 saturated heterocycles. The smallest absolute Gasteiger partial charge is 0.277 e. The van der Waals surface area contributed by atoms with Gasteiger partial charge in [0, 0.05) is 4.47 Å². The second kappa shape index (κ2) is 7.81. The van der Waals surface area contributed by atoms with E-state index in [9.17, 15) is 9.90 Å². The summed E-state index contributed by atoms with van der Waals surface area (Å²) < 4.78 is 6.50. The highest BCUT2D eigenvalue weighted by Crippen LogP contribution is 2.24. The average Bonchev–Trinajstić information content (AvgIpc) is 2.60. The van der Waals surface area contributed by atoms with Gasteiger partial charge in [-0.2, -0.15) is 5.10 Å². The largest absolute Gasteiger partial charge is 0.508 e. The van der Waals surface area contributed by atoms with Crippen LogP contribution in [0.4, 0.5) is 0 Å². The molecule has 126 valence electrons. The number of nitrogens with zero attached hydrogens (tertiary/aromatic N) is 1. The normalized spacial score (nSPS) is 10.9. The van der Waals surface area contributed by atoms with Gasteiger partial charge >= 0.3 is 0 Å². The molecule has 0 aliphatic carbocycles. The van der Waals surface area contributed by atoms with Gasteiger partial charge in [-0.15, -0.1) is 0 Å². The molecule has 0 aliphatic rings. The summed E-state index contributed by atoms with van der Waals surface area (Å²) in [5, 5.41) is 15.3. The Morgan fingerprint density at radius 1 is 1.12 bits per heavy atom.